The highest BCUT2D eigenvalue weighted by atomic mass is 16.7. The molecule has 8 heteroatoms. The van der Waals surface area contributed by atoms with Crippen LogP contribution in [-0.4, -0.2) is 29.3 Å². The smallest absolute Gasteiger partial charge is 0.457 e. The molecule has 0 radical (unpaired) electrons. The van der Waals surface area contributed by atoms with Gasteiger partial charge in [-0.1, -0.05) is 6.08 Å². The van der Waals surface area contributed by atoms with E-state index in [9.17, 15) is 19.7 Å². The third-order valence-electron chi connectivity index (χ3n) is 2.60. The van der Waals surface area contributed by atoms with Gasteiger partial charge >= 0.3 is 12.1 Å². The Kier molecular flexibility index (Phi) is 6.46. The number of nitro benzene ring substituents is 1. The molecule has 24 heavy (non-hydrogen) atoms. The molecule has 1 aromatic rings. The molecule has 0 aliphatic heterocycles. The molecule has 0 amide bonds. The summed E-state index contributed by atoms with van der Waals surface area (Å²) >= 11 is 0. The zero-order valence-corrected chi connectivity index (χ0v) is 13.9. The van der Waals surface area contributed by atoms with Crippen molar-refractivity contribution in [3.8, 4) is 5.75 Å². The second-order valence-electron chi connectivity index (χ2n) is 5.71. The van der Waals surface area contributed by atoms with E-state index >= 15 is 0 Å². The van der Waals surface area contributed by atoms with Gasteiger partial charge in [0.2, 0.25) is 0 Å². The number of non-ortho nitro benzene ring substituents is 1. The summed E-state index contributed by atoms with van der Waals surface area (Å²) in [6, 6.07) is 4.93. The Morgan fingerprint density at radius 3 is 2.25 bits per heavy atom. The van der Waals surface area contributed by atoms with Gasteiger partial charge in [0.15, 0.2) is 0 Å². The number of nitrogens with zero attached hydrogens (tertiary/aromatic N) is 1. The lowest BCUT2D eigenvalue weighted by Gasteiger charge is -2.20. The van der Waals surface area contributed by atoms with Crippen LogP contribution in [0.25, 0.3) is 0 Å². The average Bonchev–Trinajstić information content (AvgIpc) is 2.46. The lowest BCUT2D eigenvalue weighted by Crippen LogP contribution is -2.26. The molecule has 0 spiro atoms. The summed E-state index contributed by atoms with van der Waals surface area (Å²) in [6.45, 7) is 6.48. The highest BCUT2D eigenvalue weighted by Crippen LogP contribution is 2.18. The van der Waals surface area contributed by atoms with Crippen molar-refractivity contribution in [2.45, 2.75) is 33.3 Å². The largest absolute Gasteiger partial charge is 0.514 e. The predicted molar refractivity (Wildman–Crippen MR) is 84.7 cm³/mol. The average molecular weight is 337 g/mol. The summed E-state index contributed by atoms with van der Waals surface area (Å²) < 4.78 is 14.9. The predicted octanol–water partition coefficient (Wildman–Crippen LogP) is 3.40. The van der Waals surface area contributed by atoms with Crippen LogP contribution in [0, 0.1) is 10.1 Å². The molecule has 0 atom stereocenters. The number of rotatable bonds is 5. The summed E-state index contributed by atoms with van der Waals surface area (Å²) in [5.41, 5.74) is -0.618. The fourth-order valence-corrected chi connectivity index (χ4v) is 1.50. The zero-order chi connectivity index (χ0) is 18.3. The highest BCUT2D eigenvalue weighted by Gasteiger charge is 2.20. The lowest BCUT2D eigenvalue weighted by atomic mass is 10.2. The molecule has 0 saturated heterocycles. The van der Waals surface area contributed by atoms with Gasteiger partial charge in [0.1, 0.15) is 18.0 Å². The third kappa shape index (κ3) is 6.47. The van der Waals surface area contributed by atoms with E-state index in [1.165, 1.54) is 30.3 Å². The highest BCUT2D eigenvalue weighted by molar-refractivity contribution is 5.89. The topological polar surface area (TPSA) is 105 Å². The van der Waals surface area contributed by atoms with Gasteiger partial charge in [-0.2, -0.15) is 0 Å². The van der Waals surface area contributed by atoms with E-state index in [4.69, 9.17) is 14.2 Å². The van der Waals surface area contributed by atoms with Gasteiger partial charge in [0.05, 0.1) is 10.5 Å². The number of ether oxygens (including phenoxy) is 3. The summed E-state index contributed by atoms with van der Waals surface area (Å²) in [4.78, 5) is 33.4. The van der Waals surface area contributed by atoms with E-state index in [-0.39, 0.29) is 23.6 Å². The van der Waals surface area contributed by atoms with E-state index in [2.05, 4.69) is 0 Å². The molecule has 0 N–H and O–H groups in total. The van der Waals surface area contributed by atoms with Crippen LogP contribution in [0.1, 0.15) is 27.7 Å². The second kappa shape index (κ2) is 8.09. The quantitative estimate of drug-likeness (QED) is 0.266. The lowest BCUT2D eigenvalue weighted by molar-refractivity contribution is -0.384. The second-order valence-corrected chi connectivity index (χ2v) is 5.71. The minimum Gasteiger partial charge on any atom is -0.457 e. The fourth-order valence-electron chi connectivity index (χ4n) is 1.50. The van der Waals surface area contributed by atoms with E-state index < -0.39 is 22.6 Å². The van der Waals surface area contributed by atoms with Gasteiger partial charge in [0.25, 0.3) is 5.69 Å². The van der Waals surface area contributed by atoms with E-state index in [1.807, 2.05) is 0 Å². The third-order valence-corrected chi connectivity index (χ3v) is 2.60. The van der Waals surface area contributed by atoms with Crippen molar-refractivity contribution in [2.75, 3.05) is 6.61 Å². The van der Waals surface area contributed by atoms with Crippen LogP contribution in [0.2, 0.25) is 0 Å². The maximum atomic E-state index is 11.9. The minimum atomic E-state index is -1.04. The van der Waals surface area contributed by atoms with Crippen LogP contribution in [0.15, 0.2) is 35.9 Å². The van der Waals surface area contributed by atoms with E-state index in [1.54, 1.807) is 27.7 Å². The maximum Gasteiger partial charge on any atom is 0.514 e. The number of benzene rings is 1. The van der Waals surface area contributed by atoms with Gasteiger partial charge in [-0.15, -0.1) is 0 Å². The van der Waals surface area contributed by atoms with Crippen molar-refractivity contribution >= 4 is 17.8 Å². The van der Waals surface area contributed by atoms with Crippen LogP contribution < -0.4 is 4.74 Å². The Balaban J connectivity index is 2.55. The number of hydrogen-bond donors (Lipinski definition) is 0. The molecule has 0 aromatic heterocycles. The van der Waals surface area contributed by atoms with E-state index in [0.29, 0.717) is 0 Å². The molecule has 0 aliphatic carbocycles. The number of hydrogen-bond acceptors (Lipinski definition) is 7. The van der Waals surface area contributed by atoms with Crippen LogP contribution >= 0.6 is 0 Å². The number of carbonyl (C=O) groups is 2. The van der Waals surface area contributed by atoms with Crippen LogP contribution in [0.3, 0.4) is 0 Å². The molecular weight excluding hydrogens is 318 g/mol. The number of carbonyl (C=O) groups excluding carboxylic acids is 2. The van der Waals surface area contributed by atoms with Crippen LogP contribution in [0.5, 0.6) is 5.75 Å². The van der Waals surface area contributed by atoms with Crippen molar-refractivity contribution in [3.63, 3.8) is 0 Å². The Morgan fingerprint density at radius 1 is 1.21 bits per heavy atom. The van der Waals surface area contributed by atoms with E-state index in [0.717, 1.165) is 0 Å². The van der Waals surface area contributed by atoms with Crippen molar-refractivity contribution < 1.29 is 28.7 Å². The minimum absolute atomic E-state index is 0.0879. The first kappa shape index (κ1) is 19.1. The molecule has 8 nitrogen and oxygen atoms in total. The monoisotopic (exact) mass is 337 g/mol. The first-order valence-electron chi connectivity index (χ1n) is 7.10. The summed E-state index contributed by atoms with van der Waals surface area (Å²) in [5, 5.41) is 10.5. The molecule has 0 bridgehead atoms. The summed E-state index contributed by atoms with van der Waals surface area (Å²) in [6.07, 6.45) is 0.444. The fraction of sp³-hybridized carbons (Fsp3) is 0.375. The molecule has 1 aromatic carbocycles. The van der Waals surface area contributed by atoms with Gasteiger partial charge in [0, 0.05) is 12.1 Å². The first-order chi connectivity index (χ1) is 11.1. The van der Waals surface area contributed by atoms with Crippen molar-refractivity contribution in [2.24, 2.45) is 0 Å². The van der Waals surface area contributed by atoms with Crippen molar-refractivity contribution in [1.82, 2.24) is 0 Å². The number of nitro groups is 1. The van der Waals surface area contributed by atoms with Crippen molar-refractivity contribution in [1.29, 1.82) is 0 Å². The Bertz CT molecular complexity index is 641. The van der Waals surface area contributed by atoms with Gasteiger partial charge < -0.3 is 14.2 Å². The first-order valence-corrected chi connectivity index (χ1v) is 7.10. The molecule has 0 heterocycles. The van der Waals surface area contributed by atoms with Crippen molar-refractivity contribution in [3.05, 3.63) is 46.0 Å². The molecule has 0 unspecified atom stereocenters. The Labute approximate surface area is 139 Å². The molecule has 1 rings (SSSR count). The zero-order valence-electron chi connectivity index (χ0n) is 13.9. The molecule has 130 valence electrons. The molecule has 0 saturated carbocycles. The van der Waals surface area contributed by atoms with Gasteiger partial charge in [-0.25, -0.2) is 9.59 Å². The Morgan fingerprint density at radius 2 is 1.79 bits per heavy atom. The molecule has 0 aliphatic rings. The van der Waals surface area contributed by atoms with Crippen LogP contribution in [0.4, 0.5) is 10.5 Å². The summed E-state index contributed by atoms with van der Waals surface area (Å²) in [5.74, 6) is -0.502. The standard InChI is InChI=1S/C16H19NO7/c1-5-11(14(18)24-16(2,3)4)10-22-15(19)23-13-8-6-12(7-9-13)17(20)21/h5-9H,10H2,1-4H3/b11-5+. The Hall–Kier alpha value is -2.90. The van der Waals surface area contributed by atoms with Crippen LogP contribution in [-0.2, 0) is 14.3 Å². The summed E-state index contributed by atoms with van der Waals surface area (Å²) in [7, 11) is 0. The SMILES string of the molecule is C/C=C(\COC(=O)Oc1ccc([N+](=O)[O-])cc1)C(=O)OC(C)(C)C. The number of esters is 1. The molecule has 0 fully saturated rings. The maximum absolute atomic E-state index is 11.9. The van der Waals surface area contributed by atoms with Gasteiger partial charge in [-0.3, -0.25) is 10.1 Å². The number of allylic oxidation sites excluding steroid dienone is 1. The normalized spacial score (nSPS) is 11.6. The molecular formula is C16H19NO7. The van der Waals surface area contributed by atoms with Gasteiger partial charge in [-0.05, 0) is 39.8 Å².